The number of aromatic amines is 1. The Bertz CT molecular complexity index is 1170. The zero-order valence-electron chi connectivity index (χ0n) is 16.9. The van der Waals surface area contributed by atoms with Gasteiger partial charge in [0.05, 0.1) is 48.5 Å². The first-order chi connectivity index (χ1) is 14.8. The lowest BCUT2D eigenvalue weighted by atomic mass is 10.0. The highest BCUT2D eigenvalue weighted by Gasteiger charge is 2.13. The monoisotopic (exact) mass is 400 g/mol. The van der Waals surface area contributed by atoms with Crippen molar-refractivity contribution < 1.29 is 4.74 Å². The molecule has 30 heavy (non-hydrogen) atoms. The first-order valence-electron chi connectivity index (χ1n) is 10.2. The fourth-order valence-corrected chi connectivity index (χ4v) is 3.80. The third-order valence-electron chi connectivity index (χ3n) is 5.41. The Morgan fingerprint density at radius 1 is 1.00 bits per heavy atom. The fraction of sp³-hybridized carbons (Fsp3) is 0.261. The molecule has 1 fully saturated rings. The molecule has 7 heteroatoms. The summed E-state index contributed by atoms with van der Waals surface area (Å²) in [4.78, 5) is 11.0. The summed E-state index contributed by atoms with van der Waals surface area (Å²) < 4.78 is 5.47. The molecule has 0 amide bonds. The maximum atomic E-state index is 5.47. The smallest absolute Gasteiger partial charge is 0.0924 e. The predicted molar refractivity (Wildman–Crippen MR) is 119 cm³/mol. The molecule has 3 aromatic heterocycles. The molecule has 4 aromatic rings. The van der Waals surface area contributed by atoms with E-state index in [0.29, 0.717) is 6.54 Å². The van der Waals surface area contributed by atoms with Gasteiger partial charge in [-0.25, -0.2) is 0 Å². The zero-order chi connectivity index (χ0) is 20.3. The molecule has 152 valence electrons. The number of hydrogen-bond acceptors (Lipinski definition) is 6. The van der Waals surface area contributed by atoms with Gasteiger partial charge in [-0.05, 0) is 42.3 Å². The van der Waals surface area contributed by atoms with E-state index in [2.05, 4.69) is 60.7 Å². The van der Waals surface area contributed by atoms with Gasteiger partial charge < -0.3 is 15.0 Å². The second-order valence-corrected chi connectivity index (χ2v) is 7.57. The minimum atomic E-state index is 0.650. The van der Waals surface area contributed by atoms with E-state index in [4.69, 9.17) is 4.74 Å². The van der Waals surface area contributed by atoms with E-state index in [1.165, 1.54) is 0 Å². The summed E-state index contributed by atoms with van der Waals surface area (Å²) in [5.74, 6) is 0. The van der Waals surface area contributed by atoms with Crippen molar-refractivity contribution in [3.05, 3.63) is 66.4 Å². The normalized spacial score (nSPS) is 14.2. The fourth-order valence-electron chi connectivity index (χ4n) is 3.80. The lowest BCUT2D eigenvalue weighted by Gasteiger charge is -2.28. The van der Waals surface area contributed by atoms with Crippen LogP contribution in [0.3, 0.4) is 0 Å². The molecular formula is C23H24N6O. The van der Waals surface area contributed by atoms with Crippen molar-refractivity contribution in [1.29, 1.82) is 0 Å². The highest BCUT2D eigenvalue weighted by Crippen LogP contribution is 2.28. The number of H-pyrrole nitrogens is 1. The topological polar surface area (TPSA) is 79.0 Å². The van der Waals surface area contributed by atoms with Crippen LogP contribution >= 0.6 is 0 Å². The first kappa shape index (κ1) is 18.6. The Morgan fingerprint density at radius 3 is 2.73 bits per heavy atom. The summed E-state index contributed by atoms with van der Waals surface area (Å²) in [6.07, 6.45) is 7.53. The van der Waals surface area contributed by atoms with E-state index in [9.17, 15) is 0 Å². The predicted octanol–water partition coefficient (Wildman–Crippen LogP) is 3.78. The lowest BCUT2D eigenvalue weighted by molar-refractivity contribution is 0.122. The maximum Gasteiger partial charge on any atom is 0.0924 e. The quantitative estimate of drug-likeness (QED) is 0.531. The first-order valence-corrected chi connectivity index (χ1v) is 10.2. The number of ether oxygens (including phenoxy) is 1. The van der Waals surface area contributed by atoms with Crippen LogP contribution in [0.25, 0.3) is 22.0 Å². The number of pyridine rings is 2. The molecule has 1 aromatic carbocycles. The molecule has 0 atom stereocenters. The van der Waals surface area contributed by atoms with Crippen LogP contribution in [0.4, 0.5) is 11.4 Å². The van der Waals surface area contributed by atoms with E-state index >= 15 is 0 Å². The van der Waals surface area contributed by atoms with Crippen LogP contribution in [0.15, 0.2) is 55.1 Å². The van der Waals surface area contributed by atoms with Crippen molar-refractivity contribution in [1.82, 2.24) is 20.2 Å². The number of nitrogens with one attached hydrogen (secondary N) is 2. The van der Waals surface area contributed by atoms with E-state index in [0.717, 1.165) is 71.0 Å². The molecule has 0 saturated carbocycles. The molecule has 0 unspecified atom stereocenters. The summed E-state index contributed by atoms with van der Waals surface area (Å²) in [5, 5.41) is 12.2. The van der Waals surface area contributed by atoms with Gasteiger partial charge in [-0.3, -0.25) is 15.1 Å². The third kappa shape index (κ3) is 3.84. The van der Waals surface area contributed by atoms with E-state index in [1.807, 2.05) is 31.7 Å². The molecule has 0 aliphatic carbocycles. The summed E-state index contributed by atoms with van der Waals surface area (Å²) in [7, 11) is 0. The third-order valence-corrected chi connectivity index (χ3v) is 5.41. The van der Waals surface area contributed by atoms with Gasteiger partial charge in [0.25, 0.3) is 0 Å². The number of nitrogens with zero attached hydrogens (tertiary/aromatic N) is 4. The molecule has 0 spiro atoms. The standard InChI is InChI=1S/C23H24N6O/c1-16-8-19(13-24-11-16)26-15-23-21-10-17(2-3-22(21)27-28-23)18-9-20(14-25-12-18)29-4-6-30-7-5-29/h2-3,8-14,26H,4-7,15H2,1H3,(H,27,28). The van der Waals surface area contributed by atoms with Crippen molar-refractivity contribution in [3.8, 4) is 11.1 Å². The van der Waals surface area contributed by atoms with Gasteiger partial charge in [0.15, 0.2) is 0 Å². The van der Waals surface area contributed by atoms with Gasteiger partial charge >= 0.3 is 0 Å². The van der Waals surface area contributed by atoms with Gasteiger partial charge in [0.2, 0.25) is 0 Å². The van der Waals surface area contributed by atoms with Crippen LogP contribution in [-0.4, -0.2) is 46.5 Å². The van der Waals surface area contributed by atoms with Gasteiger partial charge in [0, 0.05) is 42.6 Å². The molecule has 1 aliphatic heterocycles. The van der Waals surface area contributed by atoms with Crippen LogP contribution in [0.5, 0.6) is 0 Å². The van der Waals surface area contributed by atoms with Crippen LogP contribution in [-0.2, 0) is 11.3 Å². The van der Waals surface area contributed by atoms with Crippen molar-refractivity contribution in [2.75, 3.05) is 36.5 Å². The number of morpholine rings is 1. The van der Waals surface area contributed by atoms with E-state index in [1.54, 1.807) is 0 Å². The highest BCUT2D eigenvalue weighted by atomic mass is 16.5. The van der Waals surface area contributed by atoms with Crippen LogP contribution < -0.4 is 10.2 Å². The van der Waals surface area contributed by atoms with E-state index in [-0.39, 0.29) is 0 Å². The van der Waals surface area contributed by atoms with E-state index < -0.39 is 0 Å². The summed E-state index contributed by atoms with van der Waals surface area (Å²) >= 11 is 0. The van der Waals surface area contributed by atoms with Crippen molar-refractivity contribution in [2.24, 2.45) is 0 Å². The average Bonchev–Trinajstić information content (AvgIpc) is 3.21. The molecule has 2 N–H and O–H groups in total. The number of rotatable bonds is 5. The minimum Gasteiger partial charge on any atom is -0.378 e. The number of aromatic nitrogens is 4. The Morgan fingerprint density at radius 2 is 1.87 bits per heavy atom. The van der Waals surface area contributed by atoms with Gasteiger partial charge in [0.1, 0.15) is 0 Å². The Balaban J connectivity index is 1.41. The zero-order valence-corrected chi connectivity index (χ0v) is 16.9. The highest BCUT2D eigenvalue weighted by molar-refractivity contribution is 5.87. The SMILES string of the molecule is Cc1cncc(NCc2[nH]nc3ccc(-c4cncc(N5CCOCC5)c4)cc23)c1. The number of hydrogen-bond donors (Lipinski definition) is 2. The molecule has 4 heterocycles. The van der Waals surface area contributed by atoms with Gasteiger partial charge in [-0.1, -0.05) is 6.07 Å². The van der Waals surface area contributed by atoms with Crippen LogP contribution in [0.2, 0.25) is 0 Å². The van der Waals surface area contributed by atoms with Crippen LogP contribution in [0, 0.1) is 6.92 Å². The summed E-state index contributed by atoms with van der Waals surface area (Å²) in [6.45, 7) is 6.01. The van der Waals surface area contributed by atoms with Crippen molar-refractivity contribution in [2.45, 2.75) is 13.5 Å². The molecule has 0 radical (unpaired) electrons. The van der Waals surface area contributed by atoms with Gasteiger partial charge in [-0.15, -0.1) is 0 Å². The molecular weight excluding hydrogens is 376 g/mol. The lowest BCUT2D eigenvalue weighted by Crippen LogP contribution is -2.36. The largest absolute Gasteiger partial charge is 0.378 e. The summed E-state index contributed by atoms with van der Waals surface area (Å²) in [6, 6.07) is 10.6. The van der Waals surface area contributed by atoms with Crippen molar-refractivity contribution >= 4 is 22.3 Å². The second-order valence-electron chi connectivity index (χ2n) is 7.57. The molecule has 7 nitrogen and oxygen atoms in total. The molecule has 1 aliphatic rings. The Hall–Kier alpha value is -3.45. The van der Waals surface area contributed by atoms with Gasteiger partial charge in [-0.2, -0.15) is 5.10 Å². The van der Waals surface area contributed by atoms with Crippen molar-refractivity contribution in [3.63, 3.8) is 0 Å². The molecule has 1 saturated heterocycles. The second kappa shape index (κ2) is 8.12. The summed E-state index contributed by atoms with van der Waals surface area (Å²) in [5.41, 5.74) is 7.49. The Labute approximate surface area is 175 Å². The number of aryl methyl sites for hydroxylation is 1. The number of fused-ring (bicyclic) bond motifs is 1. The Kier molecular flexibility index (Phi) is 5.03. The minimum absolute atomic E-state index is 0.650. The average molecular weight is 400 g/mol. The number of benzene rings is 1. The number of anilines is 2. The maximum absolute atomic E-state index is 5.47. The molecule has 5 rings (SSSR count). The molecule has 0 bridgehead atoms. The van der Waals surface area contributed by atoms with Crippen LogP contribution in [0.1, 0.15) is 11.3 Å².